The fourth-order valence-electron chi connectivity index (χ4n) is 2.69. The second-order valence-electron chi connectivity index (χ2n) is 8.13. The van der Waals surface area contributed by atoms with Crippen molar-refractivity contribution in [2.45, 2.75) is 66.5 Å². The summed E-state index contributed by atoms with van der Waals surface area (Å²) in [7, 11) is 0. The molecule has 192 valence electrons. The van der Waals surface area contributed by atoms with Crippen molar-refractivity contribution in [1.29, 1.82) is 0 Å². The van der Waals surface area contributed by atoms with Gasteiger partial charge in [-0.2, -0.15) is 0 Å². The van der Waals surface area contributed by atoms with E-state index in [9.17, 15) is 28.8 Å². The number of carbonyl (C=O) groups excluding carboxylic acids is 3. The Balaban J connectivity index is 3.43. The third kappa shape index (κ3) is 8.09. The third-order valence-corrected chi connectivity index (χ3v) is 4.47. The van der Waals surface area contributed by atoms with Gasteiger partial charge in [0.05, 0.1) is 19.6 Å². The van der Waals surface area contributed by atoms with Crippen LogP contribution in [-0.2, 0) is 48.2 Å². The van der Waals surface area contributed by atoms with Crippen LogP contribution in [0, 0.1) is 0 Å². The molecule has 0 radical (unpaired) electrons. The highest BCUT2D eigenvalue weighted by Gasteiger charge is 2.21. The van der Waals surface area contributed by atoms with Crippen LogP contribution in [0.25, 0.3) is 0 Å². The molecule has 1 heterocycles. The van der Waals surface area contributed by atoms with Gasteiger partial charge in [-0.25, -0.2) is 42.5 Å². The second-order valence-corrected chi connectivity index (χ2v) is 8.13. The molecular weight excluding hydrogens is 462 g/mol. The number of carbonyl (C=O) groups is 3. The molecule has 2 atom stereocenters. The average Bonchev–Trinajstić information content (AvgIpc) is 2.76. The minimum atomic E-state index is -0.994. The minimum absolute atomic E-state index is 0.124. The molecule has 0 aliphatic heterocycles. The number of aromatic nitrogens is 3. The summed E-state index contributed by atoms with van der Waals surface area (Å²) in [6.07, 6.45) is -1.85. The van der Waals surface area contributed by atoms with Crippen LogP contribution >= 0.6 is 0 Å². The Morgan fingerprint density at radius 2 is 1.03 bits per heavy atom. The summed E-state index contributed by atoms with van der Waals surface area (Å²) in [6, 6.07) is 0. The van der Waals surface area contributed by atoms with Crippen molar-refractivity contribution in [1.82, 2.24) is 13.7 Å². The fourth-order valence-corrected chi connectivity index (χ4v) is 2.69. The van der Waals surface area contributed by atoms with Crippen LogP contribution < -0.4 is 17.1 Å². The van der Waals surface area contributed by atoms with E-state index >= 15 is 0 Å². The van der Waals surface area contributed by atoms with Crippen LogP contribution in [0.4, 0.5) is 0 Å². The van der Waals surface area contributed by atoms with Crippen molar-refractivity contribution in [3.05, 3.63) is 67.9 Å². The zero-order valence-electron chi connectivity index (χ0n) is 20.6. The summed E-state index contributed by atoms with van der Waals surface area (Å²) in [5.41, 5.74) is -2.61. The Morgan fingerprint density at radius 3 is 1.37 bits per heavy atom. The van der Waals surface area contributed by atoms with Crippen molar-refractivity contribution in [2.24, 2.45) is 0 Å². The molecule has 35 heavy (non-hydrogen) atoms. The Bertz CT molecular complexity index is 1140. The van der Waals surface area contributed by atoms with E-state index in [1.54, 1.807) is 0 Å². The van der Waals surface area contributed by atoms with Gasteiger partial charge in [-0.3, -0.25) is 0 Å². The van der Waals surface area contributed by atoms with Crippen molar-refractivity contribution in [3.63, 3.8) is 0 Å². The molecule has 0 aliphatic rings. The lowest BCUT2D eigenvalue weighted by atomic mass is 10.3. The summed E-state index contributed by atoms with van der Waals surface area (Å²) >= 11 is 0. The number of hydrogen-bond donors (Lipinski definition) is 0. The summed E-state index contributed by atoms with van der Waals surface area (Å²) in [5, 5.41) is 0. The zero-order chi connectivity index (χ0) is 27.0. The highest BCUT2D eigenvalue weighted by Crippen LogP contribution is 2.01. The number of esters is 3. The maximum Gasteiger partial charge on any atom is 0.336 e. The van der Waals surface area contributed by atoms with Crippen LogP contribution in [-0.4, -0.2) is 50.4 Å². The number of hydrogen-bond acceptors (Lipinski definition) is 9. The highest BCUT2D eigenvalue weighted by atomic mass is 16.5. The first-order chi connectivity index (χ1) is 16.2. The van der Waals surface area contributed by atoms with Gasteiger partial charge in [0.2, 0.25) is 0 Å². The van der Waals surface area contributed by atoms with Crippen LogP contribution in [0.15, 0.2) is 50.8 Å². The van der Waals surface area contributed by atoms with E-state index in [1.807, 2.05) is 0 Å². The Morgan fingerprint density at radius 1 is 0.686 bits per heavy atom. The van der Waals surface area contributed by atoms with Crippen molar-refractivity contribution >= 4 is 17.9 Å². The van der Waals surface area contributed by atoms with Gasteiger partial charge in [0.25, 0.3) is 0 Å². The summed E-state index contributed by atoms with van der Waals surface area (Å²) in [6.45, 7) is 16.1. The van der Waals surface area contributed by atoms with E-state index in [0.717, 1.165) is 0 Å². The first kappa shape index (κ1) is 29.1. The van der Waals surface area contributed by atoms with E-state index in [1.165, 1.54) is 34.6 Å². The fraction of sp³-hybridized carbons (Fsp3) is 0.478. The molecule has 12 heteroatoms. The second kappa shape index (κ2) is 12.5. The van der Waals surface area contributed by atoms with Crippen LogP contribution in [0.3, 0.4) is 0 Å². The van der Waals surface area contributed by atoms with Gasteiger partial charge in [-0.05, 0) is 34.6 Å². The van der Waals surface area contributed by atoms with Crippen LogP contribution in [0.1, 0.15) is 34.6 Å². The number of nitrogens with zero attached hydrogens (tertiary/aromatic N) is 3. The molecule has 0 amide bonds. The van der Waals surface area contributed by atoms with Gasteiger partial charge < -0.3 is 14.2 Å². The lowest BCUT2D eigenvalue weighted by Gasteiger charge is -2.19. The Kier molecular flexibility index (Phi) is 10.4. The largest absolute Gasteiger partial charge is 0.460 e. The predicted molar refractivity (Wildman–Crippen MR) is 126 cm³/mol. The minimum Gasteiger partial charge on any atom is -0.460 e. The van der Waals surface area contributed by atoms with E-state index < -0.39 is 47.2 Å². The summed E-state index contributed by atoms with van der Waals surface area (Å²) < 4.78 is 17.4. The first-order valence-electron chi connectivity index (χ1n) is 10.7. The SMILES string of the molecule is C=C(C)C(=O)OCCn1c(=O)n(CC(C)OC(=O)C(=C)C)c(=O)n(CC(C)OC(=O)C(=C)C)c1=O. The standard InChI is InChI=1S/C23H31N3O9/c1-13(2)18(27)33-10-9-24-21(30)25(11-16(7)34-19(28)14(3)4)23(32)26(22(24)31)12-17(8)35-20(29)15(5)6/h16-17H,1,3,5,9-12H2,2,4,6-8H3. The molecule has 0 saturated heterocycles. The van der Waals surface area contributed by atoms with Gasteiger partial charge in [0, 0.05) is 16.7 Å². The quantitative estimate of drug-likeness (QED) is 0.228. The average molecular weight is 494 g/mol. The number of ether oxygens (including phenoxy) is 3. The lowest BCUT2D eigenvalue weighted by Crippen LogP contribution is -2.56. The Hall–Kier alpha value is -3.96. The van der Waals surface area contributed by atoms with E-state index in [4.69, 9.17) is 14.2 Å². The van der Waals surface area contributed by atoms with Crippen LogP contribution in [0.5, 0.6) is 0 Å². The topological polar surface area (TPSA) is 145 Å². The van der Waals surface area contributed by atoms with Gasteiger partial charge >= 0.3 is 35.0 Å². The molecule has 0 aliphatic carbocycles. The first-order valence-corrected chi connectivity index (χ1v) is 10.7. The normalized spacial score (nSPS) is 12.3. The van der Waals surface area contributed by atoms with E-state index in [2.05, 4.69) is 19.7 Å². The molecule has 1 aromatic heterocycles. The van der Waals surface area contributed by atoms with Crippen molar-refractivity contribution in [2.75, 3.05) is 6.61 Å². The summed E-state index contributed by atoms with van der Waals surface area (Å²) in [5.74, 6) is -2.15. The van der Waals surface area contributed by atoms with Crippen molar-refractivity contribution in [3.8, 4) is 0 Å². The molecule has 0 spiro atoms. The molecule has 0 N–H and O–H groups in total. The van der Waals surface area contributed by atoms with E-state index in [-0.39, 0.29) is 43.0 Å². The molecule has 2 unspecified atom stereocenters. The molecule has 0 fully saturated rings. The van der Waals surface area contributed by atoms with Gasteiger partial charge in [-0.1, -0.05) is 19.7 Å². The molecule has 0 aromatic carbocycles. The zero-order valence-corrected chi connectivity index (χ0v) is 20.6. The van der Waals surface area contributed by atoms with E-state index in [0.29, 0.717) is 13.7 Å². The monoisotopic (exact) mass is 493 g/mol. The Labute approximate surface area is 201 Å². The smallest absolute Gasteiger partial charge is 0.336 e. The summed E-state index contributed by atoms with van der Waals surface area (Å²) in [4.78, 5) is 74.3. The molecule has 1 rings (SSSR count). The molecule has 0 saturated carbocycles. The highest BCUT2D eigenvalue weighted by molar-refractivity contribution is 5.87. The maximum absolute atomic E-state index is 13.0. The van der Waals surface area contributed by atoms with Gasteiger partial charge in [0.1, 0.15) is 18.8 Å². The third-order valence-electron chi connectivity index (χ3n) is 4.47. The maximum atomic E-state index is 13.0. The molecule has 0 bridgehead atoms. The number of rotatable bonds is 12. The lowest BCUT2D eigenvalue weighted by molar-refractivity contribution is -0.144. The van der Waals surface area contributed by atoms with Crippen LogP contribution in [0.2, 0.25) is 0 Å². The van der Waals surface area contributed by atoms with Gasteiger partial charge in [0.15, 0.2) is 0 Å². The molecule has 1 aromatic rings. The van der Waals surface area contributed by atoms with Gasteiger partial charge in [-0.15, -0.1) is 0 Å². The molecule has 12 nitrogen and oxygen atoms in total. The van der Waals surface area contributed by atoms with Crippen molar-refractivity contribution < 1.29 is 28.6 Å². The molecular formula is C23H31N3O9. The predicted octanol–water partition coefficient (Wildman–Crippen LogP) is 0.307.